The van der Waals surface area contributed by atoms with Crippen molar-refractivity contribution < 1.29 is 4.79 Å². The summed E-state index contributed by atoms with van der Waals surface area (Å²) in [6, 6.07) is 12.4. The first kappa shape index (κ1) is 14.5. The second kappa shape index (κ2) is 5.34. The fourth-order valence-electron chi connectivity index (χ4n) is 3.55. The van der Waals surface area contributed by atoms with Crippen LogP contribution in [0.1, 0.15) is 29.7 Å². The molecule has 5 rings (SSSR count). The highest BCUT2D eigenvalue weighted by atomic mass is 16.2. The van der Waals surface area contributed by atoms with Gasteiger partial charge < -0.3 is 9.47 Å². The van der Waals surface area contributed by atoms with Gasteiger partial charge in [-0.2, -0.15) is 5.10 Å². The van der Waals surface area contributed by atoms with Gasteiger partial charge in [-0.3, -0.25) is 4.79 Å². The van der Waals surface area contributed by atoms with E-state index in [9.17, 15) is 4.79 Å². The zero-order chi connectivity index (χ0) is 17.0. The SMILES string of the molecule is Cc1ccc(-n2nc3c(c2-n2cccc2)CN(C(=O)C2CC2)C3)cc1. The van der Waals surface area contributed by atoms with Crippen molar-refractivity contribution in [3.05, 3.63) is 65.6 Å². The highest BCUT2D eigenvalue weighted by molar-refractivity contribution is 5.81. The van der Waals surface area contributed by atoms with Crippen molar-refractivity contribution in [1.82, 2.24) is 19.2 Å². The molecular formula is C20H20N4O. The molecule has 0 atom stereocenters. The minimum absolute atomic E-state index is 0.253. The van der Waals surface area contributed by atoms with Gasteiger partial charge >= 0.3 is 0 Å². The number of carbonyl (C=O) groups is 1. The van der Waals surface area contributed by atoms with E-state index in [4.69, 9.17) is 5.10 Å². The molecule has 126 valence electrons. The van der Waals surface area contributed by atoms with E-state index < -0.39 is 0 Å². The van der Waals surface area contributed by atoms with Crippen LogP contribution in [-0.2, 0) is 17.9 Å². The molecule has 1 fully saturated rings. The Bertz CT molecular complexity index is 933. The Hall–Kier alpha value is -2.82. The van der Waals surface area contributed by atoms with Crippen LogP contribution in [0.2, 0.25) is 0 Å². The molecule has 1 aliphatic carbocycles. The quantitative estimate of drug-likeness (QED) is 0.739. The highest BCUT2D eigenvalue weighted by Crippen LogP contribution is 2.36. The molecule has 3 aromatic rings. The Morgan fingerprint density at radius 1 is 1.08 bits per heavy atom. The third-order valence-electron chi connectivity index (χ3n) is 5.10. The zero-order valence-corrected chi connectivity index (χ0v) is 14.2. The average Bonchev–Trinajstić information content (AvgIpc) is 3.02. The molecule has 0 N–H and O–H groups in total. The fraction of sp³-hybridized carbons (Fsp3) is 0.300. The van der Waals surface area contributed by atoms with Crippen molar-refractivity contribution in [3.63, 3.8) is 0 Å². The van der Waals surface area contributed by atoms with Gasteiger partial charge in [-0.15, -0.1) is 0 Å². The van der Waals surface area contributed by atoms with Gasteiger partial charge in [-0.05, 0) is 44.0 Å². The molecule has 0 radical (unpaired) electrons. The molecule has 0 spiro atoms. The lowest BCUT2D eigenvalue weighted by Gasteiger charge is -2.17. The number of aryl methyl sites for hydroxylation is 1. The molecule has 3 heterocycles. The van der Waals surface area contributed by atoms with Crippen molar-refractivity contribution in [1.29, 1.82) is 0 Å². The maximum Gasteiger partial charge on any atom is 0.226 e. The van der Waals surface area contributed by atoms with Crippen LogP contribution in [0.5, 0.6) is 0 Å². The summed E-state index contributed by atoms with van der Waals surface area (Å²) in [5, 5.41) is 4.86. The minimum atomic E-state index is 0.253. The van der Waals surface area contributed by atoms with E-state index in [1.807, 2.05) is 34.1 Å². The van der Waals surface area contributed by atoms with Crippen LogP contribution in [0.25, 0.3) is 11.5 Å². The Labute approximate surface area is 146 Å². The number of nitrogens with zero attached hydrogens (tertiary/aromatic N) is 4. The first-order valence-electron chi connectivity index (χ1n) is 8.80. The predicted molar refractivity (Wildman–Crippen MR) is 94.6 cm³/mol. The van der Waals surface area contributed by atoms with Crippen LogP contribution in [0.15, 0.2) is 48.8 Å². The summed E-state index contributed by atoms with van der Waals surface area (Å²) in [5.41, 5.74) is 4.44. The largest absolute Gasteiger partial charge is 0.332 e. The number of rotatable bonds is 3. The normalized spacial score (nSPS) is 16.3. The van der Waals surface area contributed by atoms with Crippen molar-refractivity contribution >= 4 is 5.91 Å². The number of aromatic nitrogens is 3. The van der Waals surface area contributed by atoms with Gasteiger partial charge in [-0.25, -0.2) is 4.68 Å². The summed E-state index contributed by atoms with van der Waals surface area (Å²) in [6.45, 7) is 3.36. The summed E-state index contributed by atoms with van der Waals surface area (Å²) in [5.74, 6) is 1.58. The number of hydrogen-bond acceptors (Lipinski definition) is 2. The lowest BCUT2D eigenvalue weighted by Crippen LogP contribution is -2.27. The lowest BCUT2D eigenvalue weighted by atomic mass is 10.2. The van der Waals surface area contributed by atoms with Crippen LogP contribution < -0.4 is 0 Å². The Balaban J connectivity index is 1.59. The number of carbonyl (C=O) groups excluding carboxylic acids is 1. The van der Waals surface area contributed by atoms with Crippen molar-refractivity contribution in [3.8, 4) is 11.5 Å². The maximum atomic E-state index is 12.4. The molecule has 0 bridgehead atoms. The standard InChI is InChI=1S/C20H20N4O/c1-14-4-8-16(9-5-14)24-19(22-10-2-3-11-22)17-12-23(13-18(17)21-24)20(25)15-6-7-15/h2-5,8-11,15H,6-7,12-13H2,1H3. The number of benzene rings is 1. The van der Waals surface area contributed by atoms with E-state index in [2.05, 4.69) is 35.8 Å². The summed E-state index contributed by atoms with van der Waals surface area (Å²) in [7, 11) is 0. The summed E-state index contributed by atoms with van der Waals surface area (Å²) in [4.78, 5) is 14.4. The Morgan fingerprint density at radius 2 is 1.80 bits per heavy atom. The molecule has 5 nitrogen and oxygen atoms in total. The lowest BCUT2D eigenvalue weighted by molar-refractivity contribution is -0.133. The molecular weight excluding hydrogens is 312 g/mol. The van der Waals surface area contributed by atoms with E-state index in [0.29, 0.717) is 19.0 Å². The molecule has 5 heteroatoms. The molecule has 1 amide bonds. The highest BCUT2D eigenvalue weighted by Gasteiger charge is 2.38. The average molecular weight is 332 g/mol. The molecule has 0 saturated heterocycles. The van der Waals surface area contributed by atoms with Crippen LogP contribution in [-0.4, -0.2) is 25.2 Å². The van der Waals surface area contributed by atoms with E-state index >= 15 is 0 Å². The molecule has 1 saturated carbocycles. The zero-order valence-electron chi connectivity index (χ0n) is 14.2. The number of fused-ring (bicyclic) bond motifs is 1. The van der Waals surface area contributed by atoms with Crippen LogP contribution >= 0.6 is 0 Å². The second-order valence-electron chi connectivity index (χ2n) is 7.06. The molecule has 25 heavy (non-hydrogen) atoms. The third-order valence-corrected chi connectivity index (χ3v) is 5.10. The van der Waals surface area contributed by atoms with Crippen molar-refractivity contribution in [2.45, 2.75) is 32.9 Å². The predicted octanol–water partition coefficient (Wildman–Crippen LogP) is 3.22. The number of amides is 1. The van der Waals surface area contributed by atoms with Crippen molar-refractivity contribution in [2.75, 3.05) is 0 Å². The topological polar surface area (TPSA) is 43.1 Å². The molecule has 1 aromatic carbocycles. The van der Waals surface area contributed by atoms with Crippen LogP contribution in [0.3, 0.4) is 0 Å². The van der Waals surface area contributed by atoms with E-state index in [1.54, 1.807) is 0 Å². The van der Waals surface area contributed by atoms with Crippen LogP contribution in [0, 0.1) is 12.8 Å². The maximum absolute atomic E-state index is 12.4. The first-order chi connectivity index (χ1) is 12.2. The first-order valence-corrected chi connectivity index (χ1v) is 8.80. The fourth-order valence-corrected chi connectivity index (χ4v) is 3.55. The van der Waals surface area contributed by atoms with E-state index in [0.717, 1.165) is 35.6 Å². The van der Waals surface area contributed by atoms with Crippen molar-refractivity contribution in [2.24, 2.45) is 5.92 Å². The molecule has 1 aliphatic heterocycles. The minimum Gasteiger partial charge on any atom is -0.332 e. The third kappa shape index (κ3) is 2.38. The van der Waals surface area contributed by atoms with Gasteiger partial charge in [0.1, 0.15) is 5.82 Å². The van der Waals surface area contributed by atoms with Gasteiger partial charge in [0.05, 0.1) is 24.5 Å². The Morgan fingerprint density at radius 3 is 2.48 bits per heavy atom. The monoisotopic (exact) mass is 332 g/mol. The second-order valence-corrected chi connectivity index (χ2v) is 7.06. The summed E-state index contributed by atoms with van der Waals surface area (Å²) >= 11 is 0. The van der Waals surface area contributed by atoms with Gasteiger partial charge in [0.15, 0.2) is 0 Å². The Kier molecular flexibility index (Phi) is 3.10. The van der Waals surface area contributed by atoms with Gasteiger partial charge in [0.2, 0.25) is 5.91 Å². The van der Waals surface area contributed by atoms with Gasteiger partial charge in [0, 0.05) is 23.9 Å². The number of hydrogen-bond donors (Lipinski definition) is 0. The van der Waals surface area contributed by atoms with E-state index in [-0.39, 0.29) is 5.92 Å². The molecule has 2 aliphatic rings. The summed E-state index contributed by atoms with van der Waals surface area (Å²) in [6.07, 6.45) is 6.16. The van der Waals surface area contributed by atoms with Gasteiger partial charge in [0.25, 0.3) is 0 Å². The van der Waals surface area contributed by atoms with Gasteiger partial charge in [-0.1, -0.05) is 17.7 Å². The van der Waals surface area contributed by atoms with E-state index in [1.165, 1.54) is 5.56 Å². The van der Waals surface area contributed by atoms with Crippen LogP contribution in [0.4, 0.5) is 0 Å². The smallest absolute Gasteiger partial charge is 0.226 e. The summed E-state index contributed by atoms with van der Waals surface area (Å²) < 4.78 is 4.10. The molecule has 0 unspecified atom stereocenters. The molecule has 2 aromatic heterocycles.